The van der Waals surface area contributed by atoms with E-state index in [4.69, 9.17) is 14.5 Å². The van der Waals surface area contributed by atoms with Crippen molar-refractivity contribution in [2.45, 2.75) is 45.1 Å². The number of pyridine rings is 1. The molecule has 0 aliphatic carbocycles. The summed E-state index contributed by atoms with van der Waals surface area (Å²) in [5.41, 5.74) is 5.87. The van der Waals surface area contributed by atoms with Crippen LogP contribution in [0.2, 0.25) is 0 Å². The molecule has 0 radical (unpaired) electrons. The SMILES string of the molecule is CNc1ccc(C)c(-c2cnc(OC3CCOCC3)c(N3CCCCC3)c2)c1. The molecule has 2 aromatic rings. The molecule has 1 N–H and O–H groups in total. The molecule has 28 heavy (non-hydrogen) atoms. The van der Waals surface area contributed by atoms with Gasteiger partial charge >= 0.3 is 0 Å². The Balaban J connectivity index is 1.69. The average Bonchev–Trinajstić information content (AvgIpc) is 2.76. The average molecular weight is 382 g/mol. The number of benzene rings is 1. The zero-order chi connectivity index (χ0) is 19.3. The van der Waals surface area contributed by atoms with Gasteiger partial charge in [0.25, 0.3) is 0 Å². The molecule has 150 valence electrons. The molecular weight excluding hydrogens is 350 g/mol. The Hall–Kier alpha value is -2.27. The molecule has 1 aromatic carbocycles. The number of aryl methyl sites for hydroxylation is 1. The van der Waals surface area contributed by atoms with Gasteiger partial charge in [-0.3, -0.25) is 0 Å². The monoisotopic (exact) mass is 381 g/mol. The lowest BCUT2D eigenvalue weighted by Crippen LogP contribution is -2.31. The van der Waals surface area contributed by atoms with Gasteiger partial charge in [0, 0.05) is 50.4 Å². The Bertz CT molecular complexity index is 796. The summed E-state index contributed by atoms with van der Waals surface area (Å²) in [6, 6.07) is 8.74. The number of hydrogen-bond donors (Lipinski definition) is 1. The van der Waals surface area contributed by atoms with E-state index < -0.39 is 0 Å². The Morgan fingerprint density at radius 2 is 1.89 bits per heavy atom. The highest BCUT2D eigenvalue weighted by Crippen LogP contribution is 2.36. The summed E-state index contributed by atoms with van der Waals surface area (Å²) < 4.78 is 11.8. The Morgan fingerprint density at radius 3 is 2.64 bits per heavy atom. The molecule has 4 rings (SSSR count). The summed E-state index contributed by atoms with van der Waals surface area (Å²) in [6.45, 7) is 5.85. The van der Waals surface area contributed by atoms with Crippen molar-refractivity contribution in [3.8, 4) is 17.0 Å². The van der Waals surface area contributed by atoms with Gasteiger partial charge in [0.15, 0.2) is 0 Å². The lowest BCUT2D eigenvalue weighted by atomic mass is 10.0. The lowest BCUT2D eigenvalue weighted by molar-refractivity contribution is 0.0239. The van der Waals surface area contributed by atoms with Crippen molar-refractivity contribution in [2.75, 3.05) is 43.6 Å². The first-order valence-electron chi connectivity index (χ1n) is 10.5. The molecule has 5 heteroatoms. The van der Waals surface area contributed by atoms with E-state index in [1.54, 1.807) is 0 Å². The van der Waals surface area contributed by atoms with Crippen molar-refractivity contribution < 1.29 is 9.47 Å². The maximum Gasteiger partial charge on any atom is 0.237 e. The molecule has 5 nitrogen and oxygen atoms in total. The fraction of sp³-hybridized carbons (Fsp3) is 0.522. The molecule has 1 aromatic heterocycles. The fourth-order valence-corrected chi connectivity index (χ4v) is 4.08. The van der Waals surface area contributed by atoms with Crippen LogP contribution in [0.15, 0.2) is 30.5 Å². The Kier molecular flexibility index (Phi) is 6.01. The summed E-state index contributed by atoms with van der Waals surface area (Å²) in [5.74, 6) is 0.778. The highest BCUT2D eigenvalue weighted by Gasteiger charge is 2.22. The van der Waals surface area contributed by atoms with Crippen molar-refractivity contribution in [2.24, 2.45) is 0 Å². The van der Waals surface area contributed by atoms with E-state index in [1.165, 1.54) is 30.4 Å². The highest BCUT2D eigenvalue weighted by molar-refractivity contribution is 5.75. The second-order valence-corrected chi connectivity index (χ2v) is 7.81. The first kappa shape index (κ1) is 19.1. The summed E-state index contributed by atoms with van der Waals surface area (Å²) >= 11 is 0. The molecule has 0 atom stereocenters. The summed E-state index contributed by atoms with van der Waals surface area (Å²) in [7, 11) is 1.96. The minimum Gasteiger partial charge on any atom is -0.473 e. The van der Waals surface area contributed by atoms with Crippen LogP contribution in [0.1, 0.15) is 37.7 Å². The third kappa shape index (κ3) is 4.25. The molecule has 0 amide bonds. The van der Waals surface area contributed by atoms with Crippen LogP contribution >= 0.6 is 0 Å². The number of piperidine rings is 1. The van der Waals surface area contributed by atoms with Crippen LogP contribution < -0.4 is 15.0 Å². The van der Waals surface area contributed by atoms with Crippen LogP contribution in [0, 0.1) is 6.92 Å². The first-order chi connectivity index (χ1) is 13.7. The zero-order valence-corrected chi connectivity index (χ0v) is 17.0. The van der Waals surface area contributed by atoms with Gasteiger partial charge in [0.2, 0.25) is 5.88 Å². The van der Waals surface area contributed by atoms with Gasteiger partial charge < -0.3 is 19.7 Å². The van der Waals surface area contributed by atoms with Crippen molar-refractivity contribution >= 4 is 11.4 Å². The maximum atomic E-state index is 6.36. The molecule has 2 aliphatic rings. The largest absolute Gasteiger partial charge is 0.473 e. The van der Waals surface area contributed by atoms with Gasteiger partial charge in [0.1, 0.15) is 11.8 Å². The second-order valence-electron chi connectivity index (χ2n) is 7.81. The number of rotatable bonds is 5. The van der Waals surface area contributed by atoms with E-state index in [9.17, 15) is 0 Å². The lowest BCUT2D eigenvalue weighted by Gasteiger charge is -2.31. The van der Waals surface area contributed by atoms with E-state index in [2.05, 4.69) is 41.4 Å². The van der Waals surface area contributed by atoms with Gasteiger partial charge in [-0.15, -0.1) is 0 Å². The molecule has 0 saturated carbocycles. The zero-order valence-electron chi connectivity index (χ0n) is 17.0. The van der Waals surface area contributed by atoms with E-state index in [0.29, 0.717) is 0 Å². The van der Waals surface area contributed by atoms with Crippen molar-refractivity contribution in [1.82, 2.24) is 4.98 Å². The fourth-order valence-electron chi connectivity index (χ4n) is 4.08. The van der Waals surface area contributed by atoms with Gasteiger partial charge in [-0.25, -0.2) is 4.98 Å². The minimum absolute atomic E-state index is 0.199. The number of anilines is 2. The molecule has 0 bridgehead atoms. The quantitative estimate of drug-likeness (QED) is 0.817. The van der Waals surface area contributed by atoms with Gasteiger partial charge in [0.05, 0.1) is 13.2 Å². The Labute approximate surface area is 168 Å². The van der Waals surface area contributed by atoms with Crippen LogP contribution in [0.4, 0.5) is 11.4 Å². The molecule has 0 spiro atoms. The van der Waals surface area contributed by atoms with Crippen molar-refractivity contribution in [3.63, 3.8) is 0 Å². The number of nitrogens with one attached hydrogen (secondary N) is 1. The van der Waals surface area contributed by atoms with Crippen LogP contribution in [0.3, 0.4) is 0 Å². The third-order valence-corrected chi connectivity index (χ3v) is 5.81. The van der Waals surface area contributed by atoms with E-state index >= 15 is 0 Å². The normalized spacial score (nSPS) is 18.1. The number of ether oxygens (including phenoxy) is 2. The predicted octanol–water partition coefficient (Wildman–Crippen LogP) is 4.65. The van der Waals surface area contributed by atoms with Crippen LogP contribution in [-0.4, -0.2) is 44.4 Å². The van der Waals surface area contributed by atoms with Gasteiger partial charge in [-0.05, 0) is 55.5 Å². The van der Waals surface area contributed by atoms with E-state index in [1.807, 2.05) is 13.2 Å². The smallest absolute Gasteiger partial charge is 0.237 e. The summed E-state index contributed by atoms with van der Waals surface area (Å²) in [5, 5.41) is 3.24. The van der Waals surface area contributed by atoms with Crippen molar-refractivity contribution in [1.29, 1.82) is 0 Å². The molecule has 2 aliphatic heterocycles. The molecule has 2 fully saturated rings. The second kappa shape index (κ2) is 8.82. The number of nitrogens with zero attached hydrogens (tertiary/aromatic N) is 2. The molecule has 3 heterocycles. The number of hydrogen-bond acceptors (Lipinski definition) is 5. The standard InChI is InChI=1S/C23H31N3O2/c1-17-6-7-19(24-2)15-21(17)18-14-22(26-10-4-3-5-11-26)23(25-16-18)28-20-8-12-27-13-9-20/h6-7,14-16,20,24H,3-5,8-13H2,1-2H3. The predicted molar refractivity (Wildman–Crippen MR) is 114 cm³/mol. The summed E-state index contributed by atoms with van der Waals surface area (Å²) in [4.78, 5) is 7.25. The summed E-state index contributed by atoms with van der Waals surface area (Å²) in [6.07, 6.45) is 7.81. The van der Waals surface area contributed by atoms with Gasteiger partial charge in [-0.1, -0.05) is 6.07 Å². The maximum absolute atomic E-state index is 6.36. The minimum atomic E-state index is 0.199. The van der Waals surface area contributed by atoms with Crippen molar-refractivity contribution in [3.05, 3.63) is 36.0 Å². The Morgan fingerprint density at radius 1 is 1.11 bits per heavy atom. The van der Waals surface area contributed by atoms with E-state index in [0.717, 1.165) is 62.0 Å². The van der Waals surface area contributed by atoms with Crippen LogP contribution in [-0.2, 0) is 4.74 Å². The van der Waals surface area contributed by atoms with Crippen LogP contribution in [0.5, 0.6) is 5.88 Å². The molecular formula is C23H31N3O2. The first-order valence-corrected chi connectivity index (χ1v) is 10.5. The van der Waals surface area contributed by atoms with Gasteiger partial charge in [-0.2, -0.15) is 0 Å². The van der Waals surface area contributed by atoms with E-state index in [-0.39, 0.29) is 6.10 Å². The highest BCUT2D eigenvalue weighted by atomic mass is 16.5. The van der Waals surface area contributed by atoms with Crippen LogP contribution in [0.25, 0.3) is 11.1 Å². The number of aromatic nitrogens is 1. The molecule has 2 saturated heterocycles. The third-order valence-electron chi connectivity index (χ3n) is 5.81. The molecule has 0 unspecified atom stereocenters. The topological polar surface area (TPSA) is 46.6 Å².